The number of anilines is 2. The zero-order valence-electron chi connectivity index (χ0n) is 16.6. The Kier molecular flexibility index (Phi) is 6.53. The molecule has 1 fully saturated rings. The second kappa shape index (κ2) is 9.26. The minimum Gasteiger partial charge on any atom is -0.377 e. The topological polar surface area (TPSA) is 64.7 Å². The van der Waals surface area contributed by atoms with Crippen molar-refractivity contribution >= 4 is 23.3 Å². The number of benzene rings is 2. The van der Waals surface area contributed by atoms with Gasteiger partial charge in [-0.1, -0.05) is 30.3 Å². The molecule has 28 heavy (non-hydrogen) atoms. The molecule has 0 radical (unpaired) electrons. The van der Waals surface area contributed by atoms with E-state index in [9.17, 15) is 9.59 Å². The summed E-state index contributed by atoms with van der Waals surface area (Å²) in [5.74, 6) is 0.0248. The van der Waals surface area contributed by atoms with Crippen LogP contribution in [0, 0.1) is 0 Å². The Morgan fingerprint density at radius 1 is 1.00 bits per heavy atom. The molecule has 2 aromatic rings. The third kappa shape index (κ3) is 5.03. The van der Waals surface area contributed by atoms with Crippen molar-refractivity contribution in [3.8, 4) is 0 Å². The third-order valence-electron chi connectivity index (χ3n) is 4.91. The fourth-order valence-corrected chi connectivity index (χ4v) is 3.40. The predicted molar refractivity (Wildman–Crippen MR) is 113 cm³/mol. The Morgan fingerprint density at radius 2 is 1.71 bits per heavy atom. The van der Waals surface area contributed by atoms with Gasteiger partial charge in [0.1, 0.15) is 0 Å². The van der Waals surface area contributed by atoms with Gasteiger partial charge in [0, 0.05) is 45.1 Å². The third-order valence-corrected chi connectivity index (χ3v) is 4.91. The largest absolute Gasteiger partial charge is 0.377 e. The van der Waals surface area contributed by atoms with E-state index in [4.69, 9.17) is 0 Å². The normalized spacial score (nSPS) is 13.7. The summed E-state index contributed by atoms with van der Waals surface area (Å²) in [6.45, 7) is 2.03. The molecule has 0 spiro atoms. The maximum Gasteiger partial charge on any atom is 0.319 e. The van der Waals surface area contributed by atoms with E-state index in [1.807, 2.05) is 66.4 Å². The van der Waals surface area contributed by atoms with Crippen LogP contribution < -0.4 is 15.5 Å². The van der Waals surface area contributed by atoms with Crippen molar-refractivity contribution in [3.63, 3.8) is 0 Å². The molecule has 6 nitrogen and oxygen atoms in total. The lowest BCUT2D eigenvalue weighted by Gasteiger charge is -2.28. The summed E-state index contributed by atoms with van der Waals surface area (Å²) in [4.78, 5) is 29.1. The van der Waals surface area contributed by atoms with Gasteiger partial charge in [-0.25, -0.2) is 4.79 Å². The summed E-state index contributed by atoms with van der Waals surface area (Å²) >= 11 is 0. The molecule has 0 aromatic heterocycles. The molecule has 0 aliphatic carbocycles. The highest BCUT2D eigenvalue weighted by molar-refractivity contribution is 6.02. The lowest BCUT2D eigenvalue weighted by atomic mass is 10.1. The highest BCUT2D eigenvalue weighted by Gasteiger charge is 2.22. The first kappa shape index (κ1) is 19.7. The Balaban J connectivity index is 1.71. The quantitative estimate of drug-likeness (QED) is 0.831. The second-order valence-electron chi connectivity index (χ2n) is 7.27. The molecule has 2 N–H and O–H groups in total. The molecule has 148 valence electrons. The van der Waals surface area contributed by atoms with Crippen molar-refractivity contribution in [2.75, 3.05) is 37.4 Å². The van der Waals surface area contributed by atoms with Gasteiger partial charge in [-0.05, 0) is 43.0 Å². The summed E-state index contributed by atoms with van der Waals surface area (Å²) in [6.07, 6.45) is 3.26. The molecule has 1 heterocycles. The molecule has 1 aliphatic rings. The summed E-state index contributed by atoms with van der Waals surface area (Å²) < 4.78 is 0. The molecule has 1 aliphatic heterocycles. The minimum absolute atomic E-state index is 0.0248. The first-order valence-corrected chi connectivity index (χ1v) is 9.74. The summed E-state index contributed by atoms with van der Waals surface area (Å²) in [5, 5.41) is 5.68. The van der Waals surface area contributed by atoms with Crippen LogP contribution >= 0.6 is 0 Å². The Labute approximate surface area is 166 Å². The smallest absolute Gasteiger partial charge is 0.319 e. The first-order valence-electron chi connectivity index (χ1n) is 9.74. The van der Waals surface area contributed by atoms with E-state index in [1.165, 1.54) is 6.42 Å². The van der Waals surface area contributed by atoms with Gasteiger partial charge in [0.15, 0.2) is 0 Å². The van der Waals surface area contributed by atoms with Crippen LogP contribution in [0.15, 0.2) is 48.5 Å². The highest BCUT2D eigenvalue weighted by atomic mass is 16.2. The molecule has 0 unspecified atom stereocenters. The van der Waals surface area contributed by atoms with Gasteiger partial charge >= 0.3 is 6.03 Å². The van der Waals surface area contributed by atoms with Crippen molar-refractivity contribution in [2.45, 2.75) is 25.8 Å². The lowest BCUT2D eigenvalue weighted by molar-refractivity contribution is 0.0725. The van der Waals surface area contributed by atoms with Gasteiger partial charge in [0.2, 0.25) is 0 Å². The number of carbonyl (C=O) groups excluding carboxylic acids is 2. The number of nitrogens with zero attached hydrogens (tertiary/aromatic N) is 2. The van der Waals surface area contributed by atoms with E-state index in [-0.39, 0.29) is 11.9 Å². The van der Waals surface area contributed by atoms with Crippen LogP contribution in [-0.2, 0) is 6.54 Å². The van der Waals surface area contributed by atoms with Gasteiger partial charge in [-0.2, -0.15) is 0 Å². The summed E-state index contributed by atoms with van der Waals surface area (Å²) in [5.41, 5.74) is 3.11. The zero-order chi connectivity index (χ0) is 19.9. The van der Waals surface area contributed by atoms with Gasteiger partial charge in [-0.3, -0.25) is 4.79 Å². The van der Waals surface area contributed by atoms with E-state index < -0.39 is 0 Å². The number of rotatable bonds is 5. The van der Waals surface area contributed by atoms with Crippen molar-refractivity contribution in [1.29, 1.82) is 0 Å². The average molecular weight is 380 g/mol. The fourth-order valence-electron chi connectivity index (χ4n) is 3.40. The number of urea groups is 1. The van der Waals surface area contributed by atoms with Gasteiger partial charge in [0.25, 0.3) is 5.91 Å². The molecule has 6 heteroatoms. The SMILES string of the molecule is CN(C)c1ccc(NC(=O)NCc2ccccc2)cc1C(=O)N1CCCCC1. The Bertz CT molecular complexity index is 815. The number of carbonyl (C=O) groups is 2. The van der Waals surface area contributed by atoms with E-state index >= 15 is 0 Å². The molecule has 2 aromatic carbocycles. The molecule has 0 atom stereocenters. The number of hydrogen-bond donors (Lipinski definition) is 2. The fraction of sp³-hybridized carbons (Fsp3) is 0.364. The number of amides is 3. The predicted octanol–water partition coefficient (Wildman–Crippen LogP) is 3.70. The van der Waals surface area contributed by atoms with Gasteiger partial charge in [-0.15, -0.1) is 0 Å². The van der Waals surface area contributed by atoms with Crippen LogP contribution in [0.5, 0.6) is 0 Å². The second-order valence-corrected chi connectivity index (χ2v) is 7.27. The van der Waals surface area contributed by atoms with Gasteiger partial charge < -0.3 is 20.4 Å². The average Bonchev–Trinajstić information content (AvgIpc) is 2.73. The summed E-state index contributed by atoms with van der Waals surface area (Å²) in [6, 6.07) is 14.9. The molecule has 3 amide bonds. The first-order chi connectivity index (χ1) is 13.5. The molecular formula is C22H28N4O2. The van der Waals surface area contributed by atoms with Crippen LogP contribution in [0.2, 0.25) is 0 Å². The van der Waals surface area contributed by atoms with E-state index in [1.54, 1.807) is 6.07 Å². The molecule has 1 saturated heterocycles. The number of nitrogens with one attached hydrogen (secondary N) is 2. The molecule has 0 saturated carbocycles. The number of likely N-dealkylation sites (tertiary alicyclic amines) is 1. The maximum absolute atomic E-state index is 13.0. The van der Waals surface area contributed by atoms with Crippen molar-refractivity contribution < 1.29 is 9.59 Å². The Morgan fingerprint density at radius 3 is 2.39 bits per heavy atom. The van der Waals surface area contributed by atoms with E-state index in [0.717, 1.165) is 37.2 Å². The van der Waals surface area contributed by atoms with Crippen molar-refractivity contribution in [1.82, 2.24) is 10.2 Å². The van der Waals surface area contributed by atoms with Gasteiger partial charge in [0.05, 0.1) is 5.56 Å². The van der Waals surface area contributed by atoms with Crippen LogP contribution in [0.25, 0.3) is 0 Å². The van der Waals surface area contributed by atoms with Crippen molar-refractivity contribution in [3.05, 3.63) is 59.7 Å². The van der Waals surface area contributed by atoms with Crippen LogP contribution in [0.4, 0.5) is 16.2 Å². The minimum atomic E-state index is -0.294. The Hall–Kier alpha value is -3.02. The monoisotopic (exact) mass is 380 g/mol. The number of piperidine rings is 1. The maximum atomic E-state index is 13.0. The van der Waals surface area contributed by atoms with Crippen molar-refractivity contribution in [2.24, 2.45) is 0 Å². The molecular weight excluding hydrogens is 352 g/mol. The van der Waals surface area contributed by atoms with Crippen LogP contribution in [0.1, 0.15) is 35.2 Å². The molecule has 0 bridgehead atoms. The number of hydrogen-bond acceptors (Lipinski definition) is 3. The standard InChI is InChI=1S/C22H28N4O2/c1-25(2)20-12-11-18(15-19(20)21(27)26-13-7-4-8-14-26)24-22(28)23-16-17-9-5-3-6-10-17/h3,5-6,9-12,15H,4,7-8,13-14,16H2,1-2H3,(H2,23,24,28). The highest BCUT2D eigenvalue weighted by Crippen LogP contribution is 2.25. The van der Waals surface area contributed by atoms with Crippen LogP contribution in [-0.4, -0.2) is 44.0 Å². The molecule has 3 rings (SSSR count). The zero-order valence-corrected chi connectivity index (χ0v) is 16.6. The lowest BCUT2D eigenvalue weighted by Crippen LogP contribution is -2.36. The van der Waals surface area contributed by atoms with Crippen LogP contribution in [0.3, 0.4) is 0 Å². The van der Waals surface area contributed by atoms with E-state index in [2.05, 4.69) is 10.6 Å². The summed E-state index contributed by atoms with van der Waals surface area (Å²) in [7, 11) is 3.84. The van der Waals surface area contributed by atoms with E-state index in [0.29, 0.717) is 17.8 Å².